The molecule has 0 spiro atoms. The molecule has 0 aliphatic rings. The van der Waals surface area contributed by atoms with Crippen molar-refractivity contribution < 1.29 is 0 Å². The summed E-state index contributed by atoms with van der Waals surface area (Å²) in [6, 6.07) is 24.8. The second kappa shape index (κ2) is 6.15. The largest absolute Gasteiger partial charge is 0.227 e. The normalized spacial score (nSPS) is 11.3. The van der Waals surface area contributed by atoms with Crippen molar-refractivity contribution in [1.29, 1.82) is 0 Å². The van der Waals surface area contributed by atoms with E-state index < -0.39 is 0 Å². The zero-order chi connectivity index (χ0) is 15.5. The maximum absolute atomic E-state index is 4.60. The van der Waals surface area contributed by atoms with Crippen LogP contribution in [0.5, 0.6) is 0 Å². The lowest BCUT2D eigenvalue weighted by atomic mass is 10.1. The van der Waals surface area contributed by atoms with Crippen molar-refractivity contribution in [1.82, 2.24) is 4.98 Å². The minimum Gasteiger partial charge on any atom is -0.227 e. The Balaban J connectivity index is 1.65. The smallest absolute Gasteiger partial charge is 0.209 e. The summed E-state index contributed by atoms with van der Waals surface area (Å²) in [6.45, 7) is 0. The molecular formula is C20H14N2S. The number of benzene rings is 3. The standard InChI is InChI=1S/C20H14N2S/c1-2-8-16(9-3-1)19-14-23-20(22-19)21-13-17-11-6-10-15-7-4-5-12-18(15)17/h1-14H. The fourth-order valence-corrected chi connectivity index (χ4v) is 3.22. The predicted molar refractivity (Wildman–Crippen MR) is 98.8 cm³/mol. The van der Waals surface area contributed by atoms with Gasteiger partial charge in [0.1, 0.15) is 0 Å². The van der Waals surface area contributed by atoms with Crippen LogP contribution in [0.25, 0.3) is 22.0 Å². The van der Waals surface area contributed by atoms with Crippen molar-refractivity contribution >= 4 is 33.5 Å². The summed E-state index contributed by atoms with van der Waals surface area (Å²) in [4.78, 5) is 9.15. The quantitative estimate of drug-likeness (QED) is 0.444. The van der Waals surface area contributed by atoms with Gasteiger partial charge in [0.25, 0.3) is 0 Å². The van der Waals surface area contributed by atoms with Crippen molar-refractivity contribution in [2.75, 3.05) is 0 Å². The van der Waals surface area contributed by atoms with Crippen molar-refractivity contribution in [2.24, 2.45) is 4.99 Å². The number of aromatic nitrogens is 1. The molecular weight excluding hydrogens is 300 g/mol. The van der Waals surface area contributed by atoms with Crippen LogP contribution in [0.4, 0.5) is 5.13 Å². The lowest BCUT2D eigenvalue weighted by Gasteiger charge is -2.00. The molecule has 110 valence electrons. The molecule has 1 aromatic heterocycles. The van der Waals surface area contributed by atoms with E-state index in [9.17, 15) is 0 Å². The van der Waals surface area contributed by atoms with E-state index in [0.717, 1.165) is 22.0 Å². The van der Waals surface area contributed by atoms with Crippen molar-refractivity contribution in [3.63, 3.8) is 0 Å². The number of rotatable bonds is 3. The van der Waals surface area contributed by atoms with Gasteiger partial charge in [0, 0.05) is 22.7 Å². The lowest BCUT2D eigenvalue weighted by Crippen LogP contribution is -1.83. The van der Waals surface area contributed by atoms with E-state index in [2.05, 4.69) is 64.6 Å². The van der Waals surface area contributed by atoms with Gasteiger partial charge >= 0.3 is 0 Å². The fraction of sp³-hybridized carbons (Fsp3) is 0. The van der Waals surface area contributed by atoms with Gasteiger partial charge in [0.15, 0.2) is 0 Å². The van der Waals surface area contributed by atoms with Gasteiger partial charge in [-0.3, -0.25) is 0 Å². The number of nitrogens with zero attached hydrogens (tertiary/aromatic N) is 2. The monoisotopic (exact) mass is 314 g/mol. The zero-order valence-electron chi connectivity index (χ0n) is 12.4. The molecule has 0 saturated carbocycles. The Hall–Kier alpha value is -2.78. The Morgan fingerprint density at radius 3 is 2.52 bits per heavy atom. The van der Waals surface area contributed by atoms with Crippen LogP contribution in [0.2, 0.25) is 0 Å². The molecule has 3 heteroatoms. The van der Waals surface area contributed by atoms with E-state index in [1.807, 2.05) is 29.8 Å². The third-order valence-electron chi connectivity index (χ3n) is 3.70. The maximum atomic E-state index is 4.60. The topological polar surface area (TPSA) is 25.2 Å². The summed E-state index contributed by atoms with van der Waals surface area (Å²) in [7, 11) is 0. The van der Waals surface area contributed by atoms with Crippen LogP contribution in [0.3, 0.4) is 0 Å². The van der Waals surface area contributed by atoms with Crippen LogP contribution < -0.4 is 0 Å². The van der Waals surface area contributed by atoms with Crippen LogP contribution in [0, 0.1) is 0 Å². The zero-order valence-corrected chi connectivity index (χ0v) is 13.2. The highest BCUT2D eigenvalue weighted by molar-refractivity contribution is 7.13. The van der Waals surface area contributed by atoms with E-state index in [1.54, 1.807) is 11.3 Å². The van der Waals surface area contributed by atoms with Crippen molar-refractivity contribution in [3.05, 3.63) is 83.7 Å². The van der Waals surface area contributed by atoms with Crippen LogP contribution in [0.1, 0.15) is 5.56 Å². The predicted octanol–water partition coefficient (Wildman–Crippen LogP) is 5.71. The Bertz CT molecular complexity index is 966. The summed E-state index contributed by atoms with van der Waals surface area (Å²) < 4.78 is 0. The number of hydrogen-bond acceptors (Lipinski definition) is 3. The van der Waals surface area contributed by atoms with Gasteiger partial charge in [0.2, 0.25) is 5.13 Å². The van der Waals surface area contributed by atoms with Gasteiger partial charge in [-0.1, -0.05) is 72.8 Å². The Morgan fingerprint density at radius 1 is 0.826 bits per heavy atom. The van der Waals surface area contributed by atoms with Gasteiger partial charge in [0.05, 0.1) is 5.69 Å². The van der Waals surface area contributed by atoms with Gasteiger partial charge in [-0.2, -0.15) is 0 Å². The molecule has 0 aliphatic carbocycles. The van der Waals surface area contributed by atoms with E-state index in [1.165, 1.54) is 10.8 Å². The van der Waals surface area contributed by atoms with Crippen molar-refractivity contribution in [3.8, 4) is 11.3 Å². The number of aliphatic imine (C=N–C) groups is 1. The molecule has 0 N–H and O–H groups in total. The van der Waals surface area contributed by atoms with Crippen LogP contribution in [0.15, 0.2) is 83.2 Å². The second-order valence-corrected chi connectivity index (χ2v) is 6.04. The molecule has 23 heavy (non-hydrogen) atoms. The van der Waals surface area contributed by atoms with Gasteiger partial charge in [-0.25, -0.2) is 9.98 Å². The lowest BCUT2D eigenvalue weighted by molar-refractivity contribution is 1.36. The number of fused-ring (bicyclic) bond motifs is 1. The first-order valence-electron chi connectivity index (χ1n) is 7.43. The first-order valence-corrected chi connectivity index (χ1v) is 8.31. The minimum atomic E-state index is 0.775. The van der Waals surface area contributed by atoms with Crippen LogP contribution in [-0.4, -0.2) is 11.2 Å². The number of hydrogen-bond donors (Lipinski definition) is 0. The first kappa shape index (κ1) is 13.9. The average Bonchev–Trinajstić information content (AvgIpc) is 3.10. The molecule has 2 nitrogen and oxygen atoms in total. The summed E-state index contributed by atoms with van der Waals surface area (Å²) in [5.74, 6) is 0. The SMILES string of the molecule is C(=Nc1nc(-c2ccccc2)cs1)c1cccc2ccccc12. The highest BCUT2D eigenvalue weighted by Crippen LogP contribution is 2.26. The molecule has 3 aromatic carbocycles. The molecule has 4 rings (SSSR count). The molecule has 0 bridgehead atoms. The summed E-state index contributed by atoms with van der Waals surface area (Å²) in [5, 5.41) is 5.25. The molecule has 0 fully saturated rings. The van der Waals surface area contributed by atoms with Crippen LogP contribution >= 0.6 is 11.3 Å². The highest BCUT2D eigenvalue weighted by Gasteiger charge is 2.03. The molecule has 0 atom stereocenters. The molecule has 0 radical (unpaired) electrons. The van der Waals surface area contributed by atoms with Crippen LogP contribution in [-0.2, 0) is 0 Å². The Kier molecular flexibility index (Phi) is 3.70. The van der Waals surface area contributed by atoms with E-state index in [-0.39, 0.29) is 0 Å². The molecule has 0 unspecified atom stereocenters. The third-order valence-corrected chi connectivity index (χ3v) is 4.45. The minimum absolute atomic E-state index is 0.775. The van der Waals surface area contributed by atoms with Gasteiger partial charge in [-0.15, -0.1) is 11.3 Å². The highest BCUT2D eigenvalue weighted by atomic mass is 32.1. The van der Waals surface area contributed by atoms with E-state index in [4.69, 9.17) is 0 Å². The average molecular weight is 314 g/mol. The van der Waals surface area contributed by atoms with Crippen molar-refractivity contribution in [2.45, 2.75) is 0 Å². The maximum Gasteiger partial charge on any atom is 0.209 e. The summed E-state index contributed by atoms with van der Waals surface area (Å²) in [6.07, 6.45) is 1.90. The summed E-state index contributed by atoms with van der Waals surface area (Å²) >= 11 is 1.56. The molecule has 0 saturated heterocycles. The van der Waals surface area contributed by atoms with Gasteiger partial charge < -0.3 is 0 Å². The number of thiazole rings is 1. The van der Waals surface area contributed by atoms with E-state index in [0.29, 0.717) is 0 Å². The second-order valence-electron chi connectivity index (χ2n) is 5.21. The first-order chi connectivity index (χ1) is 11.4. The third kappa shape index (κ3) is 2.91. The molecule has 4 aromatic rings. The fourth-order valence-electron chi connectivity index (χ4n) is 2.55. The molecule has 1 heterocycles. The molecule has 0 aliphatic heterocycles. The Labute approximate surface area is 138 Å². The summed E-state index contributed by atoms with van der Waals surface area (Å²) in [5.41, 5.74) is 3.20. The molecule has 0 amide bonds. The Morgan fingerprint density at radius 2 is 1.61 bits per heavy atom. The van der Waals surface area contributed by atoms with Gasteiger partial charge in [-0.05, 0) is 10.8 Å². The van der Waals surface area contributed by atoms with E-state index >= 15 is 0 Å².